The molecule has 82 valence electrons. The molecule has 0 aromatic carbocycles. The van der Waals surface area contributed by atoms with Crippen LogP contribution in [0, 0.1) is 0 Å². The van der Waals surface area contributed by atoms with Crippen molar-refractivity contribution in [2.75, 3.05) is 37.8 Å². The van der Waals surface area contributed by atoms with Crippen molar-refractivity contribution in [3.05, 3.63) is 0 Å². The van der Waals surface area contributed by atoms with E-state index >= 15 is 0 Å². The van der Waals surface area contributed by atoms with Gasteiger partial charge in [-0.25, -0.2) is 5.01 Å². The average molecular weight is 218 g/mol. The van der Waals surface area contributed by atoms with Crippen molar-refractivity contribution in [3.8, 4) is 0 Å². The third kappa shape index (κ3) is 3.02. The quantitative estimate of drug-likeness (QED) is 0.693. The monoisotopic (exact) mass is 218 g/mol. The summed E-state index contributed by atoms with van der Waals surface area (Å²) in [7, 11) is -0.551. The summed E-state index contributed by atoms with van der Waals surface area (Å²) in [5.74, 6) is 1.73. The Morgan fingerprint density at radius 1 is 1.21 bits per heavy atom. The van der Waals surface area contributed by atoms with Crippen molar-refractivity contribution < 1.29 is 8.95 Å². The van der Waals surface area contributed by atoms with Crippen molar-refractivity contribution in [1.82, 2.24) is 10.4 Å². The normalized spacial score (nSPS) is 35.7. The highest BCUT2D eigenvalue weighted by Gasteiger charge is 2.20. The summed E-state index contributed by atoms with van der Waals surface area (Å²) in [6, 6.07) is 0.533. The lowest BCUT2D eigenvalue weighted by Crippen LogP contribution is -2.51. The van der Waals surface area contributed by atoms with E-state index in [9.17, 15) is 4.21 Å². The molecule has 5 heteroatoms. The number of hydrogen-bond donors (Lipinski definition) is 1. The molecule has 1 N–H and O–H groups in total. The highest BCUT2D eigenvalue weighted by molar-refractivity contribution is 7.85. The van der Waals surface area contributed by atoms with Gasteiger partial charge in [0.2, 0.25) is 0 Å². The molecule has 0 aromatic heterocycles. The van der Waals surface area contributed by atoms with Gasteiger partial charge in [0, 0.05) is 41.4 Å². The lowest BCUT2D eigenvalue weighted by Gasteiger charge is -2.33. The molecule has 2 aliphatic rings. The predicted octanol–water partition coefficient (Wildman–Crippen LogP) is -0.266. The molecule has 0 atom stereocenters. The largest absolute Gasteiger partial charge is 0.379 e. The SMILES string of the molecule is O=S1CCC(NN2CCOCC2)CC1. The van der Waals surface area contributed by atoms with Gasteiger partial charge in [-0.05, 0) is 12.8 Å². The standard InChI is InChI=1S/C9H18N2O2S/c12-14-7-1-9(2-8-14)10-11-3-5-13-6-4-11/h9-10H,1-8H2. The molecule has 2 heterocycles. The first-order valence-corrected chi connectivity index (χ1v) is 6.77. The van der Waals surface area contributed by atoms with Gasteiger partial charge in [0.1, 0.15) is 0 Å². The molecule has 0 bridgehead atoms. The second-order valence-electron chi connectivity index (χ2n) is 3.85. The number of ether oxygens (including phenoxy) is 1. The fourth-order valence-electron chi connectivity index (χ4n) is 1.87. The lowest BCUT2D eigenvalue weighted by molar-refractivity contribution is 0.00285. The van der Waals surface area contributed by atoms with E-state index in [4.69, 9.17) is 4.74 Å². The summed E-state index contributed by atoms with van der Waals surface area (Å²) in [6.45, 7) is 3.59. The topological polar surface area (TPSA) is 41.6 Å². The van der Waals surface area contributed by atoms with Gasteiger partial charge in [0.05, 0.1) is 13.2 Å². The fraction of sp³-hybridized carbons (Fsp3) is 1.00. The Labute approximate surface area is 87.4 Å². The van der Waals surface area contributed by atoms with Crippen LogP contribution in [0.5, 0.6) is 0 Å². The molecule has 0 aliphatic carbocycles. The summed E-state index contributed by atoms with van der Waals surface area (Å²) < 4.78 is 16.4. The third-order valence-corrected chi connectivity index (χ3v) is 4.15. The van der Waals surface area contributed by atoms with Crippen LogP contribution in [-0.4, -0.2) is 53.1 Å². The van der Waals surface area contributed by atoms with Crippen LogP contribution in [0.3, 0.4) is 0 Å². The van der Waals surface area contributed by atoms with Crippen LogP contribution in [0.25, 0.3) is 0 Å². The van der Waals surface area contributed by atoms with Crippen LogP contribution in [-0.2, 0) is 15.5 Å². The highest BCUT2D eigenvalue weighted by Crippen LogP contribution is 2.10. The summed E-state index contributed by atoms with van der Waals surface area (Å²) in [4.78, 5) is 0. The molecular formula is C9H18N2O2S. The molecule has 0 unspecified atom stereocenters. The highest BCUT2D eigenvalue weighted by atomic mass is 32.2. The van der Waals surface area contributed by atoms with Crippen LogP contribution in [0.4, 0.5) is 0 Å². The number of nitrogens with one attached hydrogen (secondary N) is 1. The van der Waals surface area contributed by atoms with E-state index in [1.165, 1.54) is 0 Å². The van der Waals surface area contributed by atoms with E-state index in [-0.39, 0.29) is 0 Å². The number of rotatable bonds is 2. The van der Waals surface area contributed by atoms with E-state index in [2.05, 4.69) is 10.4 Å². The molecule has 0 spiro atoms. The van der Waals surface area contributed by atoms with Crippen molar-refractivity contribution in [2.24, 2.45) is 0 Å². The molecule has 0 amide bonds. The van der Waals surface area contributed by atoms with Gasteiger partial charge in [-0.1, -0.05) is 0 Å². The van der Waals surface area contributed by atoms with Gasteiger partial charge in [-0.2, -0.15) is 0 Å². The summed E-state index contributed by atoms with van der Waals surface area (Å²) in [5.41, 5.74) is 3.50. The van der Waals surface area contributed by atoms with Crippen LogP contribution < -0.4 is 5.43 Å². The van der Waals surface area contributed by atoms with Crippen LogP contribution in [0.1, 0.15) is 12.8 Å². The Kier molecular flexibility index (Phi) is 3.92. The number of nitrogens with zero attached hydrogens (tertiary/aromatic N) is 1. The maximum atomic E-state index is 11.2. The maximum Gasteiger partial charge on any atom is 0.0608 e. The molecule has 2 saturated heterocycles. The first-order valence-electron chi connectivity index (χ1n) is 5.28. The Bertz CT molecular complexity index is 197. The van der Waals surface area contributed by atoms with Gasteiger partial charge in [0.15, 0.2) is 0 Å². The van der Waals surface area contributed by atoms with Crippen LogP contribution >= 0.6 is 0 Å². The second kappa shape index (κ2) is 5.21. The minimum atomic E-state index is -0.551. The van der Waals surface area contributed by atoms with Gasteiger partial charge in [-0.3, -0.25) is 9.63 Å². The first kappa shape index (κ1) is 10.5. The summed E-state index contributed by atoms with van der Waals surface area (Å²) in [6.07, 6.45) is 2.09. The molecular weight excluding hydrogens is 200 g/mol. The minimum absolute atomic E-state index is 0.533. The molecule has 0 aromatic rings. The van der Waals surface area contributed by atoms with Crippen molar-refractivity contribution in [2.45, 2.75) is 18.9 Å². The van der Waals surface area contributed by atoms with E-state index in [0.29, 0.717) is 6.04 Å². The Hall–Kier alpha value is 0.0300. The number of hydrazine groups is 1. The molecule has 2 fully saturated rings. The summed E-state index contributed by atoms with van der Waals surface area (Å²) in [5, 5.41) is 2.24. The zero-order chi connectivity index (χ0) is 9.80. The summed E-state index contributed by atoms with van der Waals surface area (Å²) >= 11 is 0. The van der Waals surface area contributed by atoms with Crippen molar-refractivity contribution in [3.63, 3.8) is 0 Å². The Balaban J connectivity index is 1.71. The first-order chi connectivity index (χ1) is 6.84. The average Bonchev–Trinajstić information content (AvgIpc) is 2.23. The van der Waals surface area contributed by atoms with Crippen LogP contribution in [0.15, 0.2) is 0 Å². The molecule has 2 rings (SSSR count). The second-order valence-corrected chi connectivity index (χ2v) is 5.55. The molecule has 4 nitrogen and oxygen atoms in total. The van der Waals surface area contributed by atoms with E-state index in [1.54, 1.807) is 0 Å². The minimum Gasteiger partial charge on any atom is -0.379 e. The predicted molar refractivity (Wildman–Crippen MR) is 56.4 cm³/mol. The van der Waals surface area contributed by atoms with E-state index in [0.717, 1.165) is 50.7 Å². The Morgan fingerprint density at radius 3 is 2.50 bits per heavy atom. The van der Waals surface area contributed by atoms with E-state index in [1.807, 2.05) is 0 Å². The smallest absolute Gasteiger partial charge is 0.0608 e. The van der Waals surface area contributed by atoms with Gasteiger partial charge in [0.25, 0.3) is 0 Å². The lowest BCUT2D eigenvalue weighted by atomic mass is 10.2. The number of hydrogen-bond acceptors (Lipinski definition) is 4. The van der Waals surface area contributed by atoms with Crippen molar-refractivity contribution in [1.29, 1.82) is 0 Å². The van der Waals surface area contributed by atoms with Gasteiger partial charge < -0.3 is 4.74 Å². The Morgan fingerprint density at radius 2 is 1.86 bits per heavy atom. The van der Waals surface area contributed by atoms with Gasteiger partial charge >= 0.3 is 0 Å². The molecule has 14 heavy (non-hydrogen) atoms. The third-order valence-electron chi connectivity index (χ3n) is 2.76. The van der Waals surface area contributed by atoms with Crippen LogP contribution in [0.2, 0.25) is 0 Å². The van der Waals surface area contributed by atoms with Crippen molar-refractivity contribution >= 4 is 10.8 Å². The maximum absolute atomic E-state index is 11.2. The molecule has 0 radical (unpaired) electrons. The zero-order valence-electron chi connectivity index (χ0n) is 8.41. The molecule has 2 aliphatic heterocycles. The fourth-order valence-corrected chi connectivity index (χ4v) is 3.17. The van der Waals surface area contributed by atoms with Gasteiger partial charge in [-0.15, -0.1) is 0 Å². The number of morpholine rings is 1. The zero-order valence-corrected chi connectivity index (χ0v) is 9.22. The van der Waals surface area contributed by atoms with E-state index < -0.39 is 10.8 Å². The molecule has 0 saturated carbocycles.